The van der Waals surface area contributed by atoms with Crippen LogP contribution < -0.4 is 0 Å². The minimum absolute atomic E-state index is 0.0364. The minimum atomic E-state index is 0.0364. The highest BCUT2D eigenvalue weighted by molar-refractivity contribution is 4.78. The first-order chi connectivity index (χ1) is 5.36. The zero-order valence-corrected chi connectivity index (χ0v) is 7.08. The van der Waals surface area contributed by atoms with Gasteiger partial charge < -0.3 is 9.47 Å². The summed E-state index contributed by atoms with van der Waals surface area (Å²) in [6.07, 6.45) is 5.80. The Morgan fingerprint density at radius 1 is 1.18 bits per heavy atom. The summed E-state index contributed by atoms with van der Waals surface area (Å²) in [5.74, 6) is 0.694. The first kappa shape index (κ1) is 7.56. The van der Waals surface area contributed by atoms with Crippen molar-refractivity contribution in [3.8, 4) is 0 Å². The zero-order chi connectivity index (χ0) is 7.68. The monoisotopic (exact) mass is 156 g/mol. The van der Waals surface area contributed by atoms with E-state index in [4.69, 9.17) is 9.47 Å². The van der Waals surface area contributed by atoms with Gasteiger partial charge in [-0.1, -0.05) is 12.8 Å². The van der Waals surface area contributed by atoms with E-state index in [9.17, 15) is 0 Å². The van der Waals surface area contributed by atoms with E-state index in [1.165, 1.54) is 25.7 Å². The van der Waals surface area contributed by atoms with Crippen molar-refractivity contribution < 1.29 is 9.47 Å². The molecule has 2 rings (SSSR count). The van der Waals surface area contributed by atoms with E-state index < -0.39 is 0 Å². The molecular formula is C9H16O2. The van der Waals surface area contributed by atoms with Crippen molar-refractivity contribution in [1.82, 2.24) is 0 Å². The fourth-order valence-corrected chi connectivity index (χ4v) is 2.09. The number of hydrogen-bond donors (Lipinski definition) is 0. The molecule has 3 atom stereocenters. The van der Waals surface area contributed by atoms with Crippen LogP contribution in [0.5, 0.6) is 0 Å². The Morgan fingerprint density at radius 2 is 2.00 bits per heavy atom. The number of rotatable bonds is 0. The number of ether oxygens (including phenoxy) is 2. The molecule has 0 radical (unpaired) electrons. The molecule has 0 N–H and O–H groups in total. The molecule has 1 aliphatic heterocycles. The predicted molar refractivity (Wildman–Crippen MR) is 42.2 cm³/mol. The molecule has 2 fully saturated rings. The summed E-state index contributed by atoms with van der Waals surface area (Å²) >= 11 is 0. The van der Waals surface area contributed by atoms with Crippen LogP contribution in [0.3, 0.4) is 0 Å². The summed E-state index contributed by atoms with van der Waals surface area (Å²) in [7, 11) is 0. The summed E-state index contributed by atoms with van der Waals surface area (Å²) in [6.45, 7) is 2.91. The van der Waals surface area contributed by atoms with Gasteiger partial charge in [-0.25, -0.2) is 0 Å². The second-order valence-electron chi connectivity index (χ2n) is 3.62. The van der Waals surface area contributed by atoms with Gasteiger partial charge in [0.05, 0.1) is 12.7 Å². The summed E-state index contributed by atoms with van der Waals surface area (Å²) < 4.78 is 11.1. The zero-order valence-electron chi connectivity index (χ0n) is 7.08. The molecule has 1 saturated carbocycles. The fourth-order valence-electron chi connectivity index (χ4n) is 2.09. The molecule has 2 heteroatoms. The summed E-state index contributed by atoms with van der Waals surface area (Å²) in [5.41, 5.74) is 0. The van der Waals surface area contributed by atoms with Crippen LogP contribution >= 0.6 is 0 Å². The normalized spacial score (nSPS) is 45.0. The first-order valence-electron chi connectivity index (χ1n) is 4.63. The van der Waals surface area contributed by atoms with E-state index in [2.05, 4.69) is 0 Å². The maximum atomic E-state index is 5.67. The minimum Gasteiger partial charge on any atom is -0.353 e. The molecule has 0 aromatic heterocycles. The maximum absolute atomic E-state index is 5.67. The van der Waals surface area contributed by atoms with Gasteiger partial charge in [0, 0.05) is 5.92 Å². The maximum Gasteiger partial charge on any atom is 0.155 e. The molecule has 1 aliphatic carbocycles. The van der Waals surface area contributed by atoms with Crippen LogP contribution in [0.2, 0.25) is 0 Å². The quantitative estimate of drug-likeness (QED) is 0.533. The Hall–Kier alpha value is -0.0800. The van der Waals surface area contributed by atoms with Crippen LogP contribution in [0.1, 0.15) is 32.6 Å². The Bertz CT molecular complexity index is 136. The Morgan fingerprint density at radius 3 is 2.91 bits per heavy atom. The second-order valence-corrected chi connectivity index (χ2v) is 3.62. The molecule has 2 nitrogen and oxygen atoms in total. The van der Waals surface area contributed by atoms with Crippen molar-refractivity contribution in [3.05, 3.63) is 0 Å². The average molecular weight is 156 g/mol. The lowest BCUT2D eigenvalue weighted by Gasteiger charge is -2.38. The van der Waals surface area contributed by atoms with Crippen LogP contribution in [-0.4, -0.2) is 19.0 Å². The highest BCUT2D eigenvalue weighted by Crippen LogP contribution is 2.31. The molecule has 0 aromatic rings. The summed E-state index contributed by atoms with van der Waals surface area (Å²) in [6, 6.07) is 0. The number of fused-ring (bicyclic) bond motifs is 1. The molecule has 0 bridgehead atoms. The van der Waals surface area contributed by atoms with Gasteiger partial charge in [0.2, 0.25) is 0 Å². The lowest BCUT2D eigenvalue weighted by molar-refractivity contribution is -0.234. The molecule has 1 heterocycles. The Kier molecular flexibility index (Phi) is 2.14. The van der Waals surface area contributed by atoms with E-state index in [1.807, 2.05) is 6.92 Å². The molecular weight excluding hydrogens is 140 g/mol. The fraction of sp³-hybridized carbons (Fsp3) is 1.00. The van der Waals surface area contributed by atoms with E-state index in [-0.39, 0.29) is 6.29 Å². The van der Waals surface area contributed by atoms with Gasteiger partial charge in [-0.3, -0.25) is 0 Å². The van der Waals surface area contributed by atoms with E-state index in [0.29, 0.717) is 12.0 Å². The van der Waals surface area contributed by atoms with Crippen molar-refractivity contribution in [2.75, 3.05) is 6.61 Å². The van der Waals surface area contributed by atoms with Crippen LogP contribution in [0.4, 0.5) is 0 Å². The van der Waals surface area contributed by atoms with Gasteiger partial charge >= 0.3 is 0 Å². The third-order valence-electron chi connectivity index (χ3n) is 2.75. The number of hydrogen-bond acceptors (Lipinski definition) is 2. The standard InChI is InChI=1S/C9H16O2/c1-7-10-6-8-4-2-3-5-9(8)11-7/h7-9H,2-6H2,1H3. The van der Waals surface area contributed by atoms with E-state index >= 15 is 0 Å². The highest BCUT2D eigenvalue weighted by atomic mass is 16.7. The second kappa shape index (κ2) is 3.11. The molecule has 0 amide bonds. The van der Waals surface area contributed by atoms with Crippen molar-refractivity contribution in [1.29, 1.82) is 0 Å². The van der Waals surface area contributed by atoms with E-state index in [1.54, 1.807) is 0 Å². The summed E-state index contributed by atoms with van der Waals surface area (Å²) in [5, 5.41) is 0. The molecule has 3 unspecified atom stereocenters. The topological polar surface area (TPSA) is 18.5 Å². The molecule has 0 spiro atoms. The van der Waals surface area contributed by atoms with E-state index in [0.717, 1.165) is 6.61 Å². The van der Waals surface area contributed by atoms with Gasteiger partial charge in [0.25, 0.3) is 0 Å². The lowest BCUT2D eigenvalue weighted by Crippen LogP contribution is -2.40. The molecule has 0 aromatic carbocycles. The van der Waals surface area contributed by atoms with Crippen molar-refractivity contribution >= 4 is 0 Å². The van der Waals surface area contributed by atoms with Crippen molar-refractivity contribution in [3.63, 3.8) is 0 Å². The third kappa shape index (κ3) is 1.57. The van der Waals surface area contributed by atoms with Crippen LogP contribution in [0.25, 0.3) is 0 Å². The first-order valence-corrected chi connectivity index (χ1v) is 4.63. The summed E-state index contributed by atoms with van der Waals surface area (Å²) in [4.78, 5) is 0. The molecule has 1 saturated heterocycles. The molecule has 2 aliphatic rings. The lowest BCUT2D eigenvalue weighted by atomic mass is 9.86. The average Bonchev–Trinajstić information content (AvgIpc) is 2.04. The van der Waals surface area contributed by atoms with Gasteiger partial charge in [-0.05, 0) is 19.8 Å². The van der Waals surface area contributed by atoms with Crippen molar-refractivity contribution in [2.24, 2.45) is 5.92 Å². The van der Waals surface area contributed by atoms with Crippen LogP contribution in [-0.2, 0) is 9.47 Å². The molecule has 64 valence electrons. The van der Waals surface area contributed by atoms with Crippen molar-refractivity contribution in [2.45, 2.75) is 45.0 Å². The third-order valence-corrected chi connectivity index (χ3v) is 2.75. The molecule has 11 heavy (non-hydrogen) atoms. The highest BCUT2D eigenvalue weighted by Gasteiger charge is 2.31. The smallest absolute Gasteiger partial charge is 0.155 e. The van der Waals surface area contributed by atoms with Gasteiger partial charge in [0.15, 0.2) is 6.29 Å². The van der Waals surface area contributed by atoms with Crippen LogP contribution in [0, 0.1) is 5.92 Å². The SMILES string of the molecule is CC1OCC2CCCCC2O1. The Balaban J connectivity index is 1.93. The van der Waals surface area contributed by atoms with Gasteiger partial charge in [0.1, 0.15) is 0 Å². The Labute approximate surface area is 67.9 Å². The van der Waals surface area contributed by atoms with Gasteiger partial charge in [-0.2, -0.15) is 0 Å². The van der Waals surface area contributed by atoms with Gasteiger partial charge in [-0.15, -0.1) is 0 Å². The largest absolute Gasteiger partial charge is 0.353 e. The van der Waals surface area contributed by atoms with Crippen LogP contribution in [0.15, 0.2) is 0 Å². The predicted octanol–water partition coefficient (Wildman–Crippen LogP) is 1.94.